The van der Waals surface area contributed by atoms with Crippen LogP contribution in [0.3, 0.4) is 0 Å². The van der Waals surface area contributed by atoms with Crippen LogP contribution >= 0.6 is 11.6 Å². The number of nitrogen functional groups attached to an aromatic ring is 1. The van der Waals surface area contributed by atoms with Crippen molar-refractivity contribution < 1.29 is 4.74 Å². The molecule has 0 aliphatic heterocycles. The topological polar surface area (TPSA) is 85.1 Å². The first kappa shape index (κ1) is 14.4. The number of ether oxygens (including phenoxy) is 1. The monoisotopic (exact) mass is 293 g/mol. The predicted octanol–water partition coefficient (Wildman–Crippen LogP) is 2.08. The molecule has 0 atom stereocenters. The van der Waals surface area contributed by atoms with Crippen LogP contribution in [0.2, 0.25) is 5.02 Å². The molecule has 2 rings (SSSR count). The van der Waals surface area contributed by atoms with Crippen molar-refractivity contribution in [3.63, 3.8) is 0 Å². The fourth-order valence-electron chi connectivity index (χ4n) is 1.77. The van der Waals surface area contributed by atoms with Gasteiger partial charge in [0.2, 0.25) is 5.75 Å². The van der Waals surface area contributed by atoms with Gasteiger partial charge in [0.05, 0.1) is 7.11 Å². The van der Waals surface area contributed by atoms with Gasteiger partial charge in [0.15, 0.2) is 11.6 Å². The van der Waals surface area contributed by atoms with Gasteiger partial charge in [-0.1, -0.05) is 23.7 Å². The molecule has 1 aromatic carbocycles. The zero-order valence-electron chi connectivity index (χ0n) is 11.1. The molecule has 0 aliphatic carbocycles. The molecule has 0 fully saturated rings. The molecule has 0 saturated heterocycles. The molecule has 1 aromatic heterocycles. The quantitative estimate of drug-likeness (QED) is 0.558. The number of aromatic nitrogens is 2. The Balaban J connectivity index is 1.98. The Kier molecular flexibility index (Phi) is 4.97. The SMILES string of the molecule is COc1c(NN)ncnc1NCCc1ccc(Cl)cc1. The van der Waals surface area contributed by atoms with Crippen molar-refractivity contribution in [3.8, 4) is 5.75 Å². The highest BCUT2D eigenvalue weighted by molar-refractivity contribution is 6.30. The molecule has 0 aliphatic rings. The van der Waals surface area contributed by atoms with E-state index in [-0.39, 0.29) is 0 Å². The highest BCUT2D eigenvalue weighted by Crippen LogP contribution is 2.27. The Bertz CT molecular complexity index is 561. The van der Waals surface area contributed by atoms with Crippen molar-refractivity contribution in [2.24, 2.45) is 5.84 Å². The highest BCUT2D eigenvalue weighted by Gasteiger charge is 2.10. The van der Waals surface area contributed by atoms with E-state index in [9.17, 15) is 0 Å². The summed E-state index contributed by atoms with van der Waals surface area (Å²) in [6, 6.07) is 7.74. The van der Waals surface area contributed by atoms with Crippen LogP contribution in [0.15, 0.2) is 30.6 Å². The Morgan fingerprint density at radius 3 is 2.55 bits per heavy atom. The van der Waals surface area contributed by atoms with Gasteiger partial charge in [0.1, 0.15) is 6.33 Å². The second kappa shape index (κ2) is 6.93. The fraction of sp³-hybridized carbons (Fsp3) is 0.231. The summed E-state index contributed by atoms with van der Waals surface area (Å²) in [6.07, 6.45) is 2.26. The lowest BCUT2D eigenvalue weighted by Gasteiger charge is -2.12. The van der Waals surface area contributed by atoms with Gasteiger partial charge in [0, 0.05) is 11.6 Å². The van der Waals surface area contributed by atoms with Crippen molar-refractivity contribution in [1.82, 2.24) is 9.97 Å². The molecule has 7 heteroatoms. The summed E-state index contributed by atoms with van der Waals surface area (Å²) in [7, 11) is 1.55. The lowest BCUT2D eigenvalue weighted by atomic mass is 10.1. The Morgan fingerprint density at radius 2 is 1.90 bits per heavy atom. The number of rotatable bonds is 6. The van der Waals surface area contributed by atoms with Crippen LogP contribution < -0.4 is 21.3 Å². The van der Waals surface area contributed by atoms with E-state index in [1.54, 1.807) is 7.11 Å². The number of nitrogens with one attached hydrogen (secondary N) is 2. The number of nitrogens with zero attached hydrogens (tertiary/aromatic N) is 2. The number of methoxy groups -OCH3 is 1. The third kappa shape index (κ3) is 3.49. The van der Waals surface area contributed by atoms with Crippen LogP contribution in [0.4, 0.5) is 11.6 Å². The second-order valence-corrected chi connectivity index (χ2v) is 4.49. The number of halogens is 1. The minimum absolute atomic E-state index is 0.441. The van der Waals surface area contributed by atoms with E-state index in [0.717, 1.165) is 11.4 Å². The number of hydrogen-bond acceptors (Lipinski definition) is 6. The van der Waals surface area contributed by atoms with Gasteiger partial charge in [-0.2, -0.15) is 0 Å². The van der Waals surface area contributed by atoms with E-state index in [4.69, 9.17) is 22.2 Å². The Hall–Kier alpha value is -2.05. The fourth-order valence-corrected chi connectivity index (χ4v) is 1.90. The molecule has 0 radical (unpaired) electrons. The summed E-state index contributed by atoms with van der Waals surface area (Å²) in [6.45, 7) is 0.707. The molecule has 0 amide bonds. The molecule has 0 bridgehead atoms. The predicted molar refractivity (Wildman–Crippen MR) is 80.0 cm³/mol. The van der Waals surface area contributed by atoms with E-state index in [1.165, 1.54) is 11.9 Å². The number of hydrazine groups is 1. The maximum absolute atomic E-state index is 5.85. The minimum atomic E-state index is 0.441. The maximum atomic E-state index is 5.85. The van der Waals surface area contributed by atoms with Gasteiger partial charge in [-0.05, 0) is 24.1 Å². The maximum Gasteiger partial charge on any atom is 0.205 e. The van der Waals surface area contributed by atoms with Gasteiger partial charge < -0.3 is 15.5 Å². The number of hydrogen-bond donors (Lipinski definition) is 3. The van der Waals surface area contributed by atoms with Gasteiger partial charge in [0.25, 0.3) is 0 Å². The highest BCUT2D eigenvalue weighted by atomic mass is 35.5. The summed E-state index contributed by atoms with van der Waals surface area (Å²) in [5, 5.41) is 3.93. The lowest BCUT2D eigenvalue weighted by Crippen LogP contribution is -2.13. The first-order valence-electron chi connectivity index (χ1n) is 6.08. The molecule has 0 saturated carbocycles. The van der Waals surface area contributed by atoms with Crippen LogP contribution in [0.25, 0.3) is 0 Å². The smallest absolute Gasteiger partial charge is 0.205 e. The van der Waals surface area contributed by atoms with Crippen molar-refractivity contribution in [2.45, 2.75) is 6.42 Å². The van der Waals surface area contributed by atoms with Crippen molar-refractivity contribution in [2.75, 3.05) is 24.4 Å². The Morgan fingerprint density at radius 1 is 1.20 bits per heavy atom. The standard InChI is InChI=1S/C13H16ClN5O/c1-20-11-12(17-8-18-13(11)19-15)16-7-6-9-2-4-10(14)5-3-9/h2-5,8H,6-7,15H2,1H3,(H2,16,17,18,19). The minimum Gasteiger partial charge on any atom is -0.490 e. The van der Waals surface area contributed by atoms with Crippen LogP contribution in [0, 0.1) is 0 Å². The molecule has 2 aromatic rings. The van der Waals surface area contributed by atoms with Crippen LogP contribution in [-0.2, 0) is 6.42 Å². The first-order chi connectivity index (χ1) is 9.74. The summed E-state index contributed by atoms with van der Waals surface area (Å²) in [5.41, 5.74) is 3.66. The van der Waals surface area contributed by atoms with Crippen LogP contribution in [0.1, 0.15) is 5.56 Å². The van der Waals surface area contributed by atoms with E-state index >= 15 is 0 Å². The zero-order valence-corrected chi connectivity index (χ0v) is 11.8. The van der Waals surface area contributed by atoms with E-state index in [0.29, 0.717) is 23.9 Å². The summed E-state index contributed by atoms with van der Waals surface area (Å²) in [4.78, 5) is 8.12. The summed E-state index contributed by atoms with van der Waals surface area (Å²) in [5.74, 6) is 6.90. The normalized spacial score (nSPS) is 10.2. The Labute approximate surface area is 122 Å². The number of nitrogens with two attached hydrogens (primary N) is 1. The number of anilines is 2. The second-order valence-electron chi connectivity index (χ2n) is 4.05. The average molecular weight is 294 g/mol. The molecular weight excluding hydrogens is 278 g/mol. The molecule has 20 heavy (non-hydrogen) atoms. The molecule has 106 valence electrons. The molecule has 0 spiro atoms. The van der Waals surface area contributed by atoms with Gasteiger partial charge in [-0.25, -0.2) is 15.8 Å². The first-order valence-corrected chi connectivity index (χ1v) is 6.46. The molecule has 1 heterocycles. The zero-order chi connectivity index (χ0) is 14.4. The van der Waals surface area contributed by atoms with Gasteiger partial charge >= 0.3 is 0 Å². The van der Waals surface area contributed by atoms with Crippen molar-refractivity contribution in [1.29, 1.82) is 0 Å². The van der Waals surface area contributed by atoms with Gasteiger partial charge in [-0.15, -0.1) is 0 Å². The largest absolute Gasteiger partial charge is 0.490 e. The van der Waals surface area contributed by atoms with Crippen LogP contribution in [0.5, 0.6) is 5.75 Å². The third-order valence-electron chi connectivity index (χ3n) is 2.76. The molecular formula is C13H16ClN5O. The lowest BCUT2D eigenvalue weighted by molar-refractivity contribution is 0.414. The molecule has 0 unspecified atom stereocenters. The van der Waals surface area contributed by atoms with Crippen molar-refractivity contribution in [3.05, 3.63) is 41.2 Å². The number of benzene rings is 1. The summed E-state index contributed by atoms with van der Waals surface area (Å²) >= 11 is 5.85. The van der Waals surface area contributed by atoms with E-state index in [2.05, 4.69) is 20.7 Å². The third-order valence-corrected chi connectivity index (χ3v) is 3.02. The molecule has 6 nitrogen and oxygen atoms in total. The molecule has 4 N–H and O–H groups in total. The van der Waals surface area contributed by atoms with E-state index < -0.39 is 0 Å². The van der Waals surface area contributed by atoms with Crippen molar-refractivity contribution >= 4 is 23.2 Å². The van der Waals surface area contributed by atoms with E-state index in [1.807, 2.05) is 24.3 Å². The van der Waals surface area contributed by atoms with Gasteiger partial charge in [-0.3, -0.25) is 0 Å². The summed E-state index contributed by atoms with van der Waals surface area (Å²) < 4.78 is 5.24. The van der Waals surface area contributed by atoms with Crippen LogP contribution in [-0.4, -0.2) is 23.6 Å². The average Bonchev–Trinajstić information content (AvgIpc) is 2.49.